The second-order valence-electron chi connectivity index (χ2n) is 6.55. The Labute approximate surface area is 152 Å². The van der Waals surface area contributed by atoms with Crippen LogP contribution in [0.4, 0.5) is 5.69 Å². The van der Waals surface area contributed by atoms with Crippen molar-refractivity contribution in [3.05, 3.63) is 50.7 Å². The molecule has 0 saturated carbocycles. The SMILES string of the molecule is CC[C@H]1CCc2sc(C(=O)Nc3cc(C(=O)OC)ccc3C)cc2C1. The summed E-state index contributed by atoms with van der Waals surface area (Å²) < 4.78 is 4.75. The minimum atomic E-state index is -0.410. The molecule has 0 saturated heterocycles. The molecule has 5 heteroatoms. The fraction of sp³-hybridized carbons (Fsp3) is 0.400. The zero-order valence-electron chi connectivity index (χ0n) is 14.8. The lowest BCUT2D eigenvalue weighted by molar-refractivity contribution is 0.0600. The van der Waals surface area contributed by atoms with E-state index in [1.807, 2.05) is 19.1 Å². The number of rotatable bonds is 4. The minimum absolute atomic E-state index is 0.113. The minimum Gasteiger partial charge on any atom is -0.465 e. The summed E-state index contributed by atoms with van der Waals surface area (Å²) in [5.41, 5.74) is 3.31. The van der Waals surface area contributed by atoms with Gasteiger partial charge in [-0.3, -0.25) is 4.79 Å². The first kappa shape index (κ1) is 17.7. The van der Waals surface area contributed by atoms with Gasteiger partial charge >= 0.3 is 5.97 Å². The molecule has 0 spiro atoms. The van der Waals surface area contributed by atoms with Gasteiger partial charge < -0.3 is 10.1 Å². The van der Waals surface area contributed by atoms with E-state index >= 15 is 0 Å². The third-order valence-electron chi connectivity index (χ3n) is 4.89. The Bertz CT molecular complexity index is 809. The van der Waals surface area contributed by atoms with Crippen LogP contribution in [0.3, 0.4) is 0 Å². The smallest absolute Gasteiger partial charge is 0.337 e. The summed E-state index contributed by atoms with van der Waals surface area (Å²) in [5.74, 6) is 0.210. The highest BCUT2D eigenvalue weighted by Gasteiger charge is 2.22. The average molecular weight is 357 g/mol. The standard InChI is InChI=1S/C20H23NO3S/c1-4-13-6-8-17-15(9-13)11-18(25-17)19(22)21-16-10-14(20(23)24-3)7-5-12(16)2/h5,7,10-11,13H,4,6,8-9H2,1-3H3,(H,21,22)/t13-/m0/s1. The normalized spacial score (nSPS) is 16.2. The summed E-state index contributed by atoms with van der Waals surface area (Å²) in [6, 6.07) is 7.22. The first-order valence-corrected chi connectivity index (χ1v) is 9.45. The number of carbonyl (C=O) groups excluding carboxylic acids is 2. The molecule has 3 rings (SSSR count). The molecule has 2 aromatic rings. The molecule has 0 fully saturated rings. The van der Waals surface area contributed by atoms with Gasteiger partial charge in [-0.2, -0.15) is 0 Å². The third kappa shape index (κ3) is 3.76. The Kier molecular flexibility index (Phi) is 5.23. The van der Waals surface area contributed by atoms with E-state index in [1.165, 1.54) is 30.4 Å². The fourth-order valence-electron chi connectivity index (χ4n) is 3.24. The predicted octanol–water partition coefficient (Wildman–Crippen LogP) is 4.61. The highest BCUT2D eigenvalue weighted by molar-refractivity contribution is 7.14. The molecule has 0 aliphatic heterocycles. The molecule has 1 aliphatic rings. The monoisotopic (exact) mass is 357 g/mol. The van der Waals surface area contributed by atoms with E-state index in [9.17, 15) is 9.59 Å². The number of amides is 1. The van der Waals surface area contributed by atoms with Crippen LogP contribution in [0.25, 0.3) is 0 Å². The van der Waals surface area contributed by atoms with Crippen molar-refractivity contribution in [3.8, 4) is 0 Å². The predicted molar refractivity (Wildman–Crippen MR) is 101 cm³/mol. The number of aryl methyl sites for hydroxylation is 2. The van der Waals surface area contributed by atoms with Crippen LogP contribution in [0.15, 0.2) is 24.3 Å². The topological polar surface area (TPSA) is 55.4 Å². The number of esters is 1. The van der Waals surface area contributed by atoms with E-state index in [-0.39, 0.29) is 5.91 Å². The Morgan fingerprint density at radius 1 is 1.32 bits per heavy atom. The maximum absolute atomic E-state index is 12.7. The van der Waals surface area contributed by atoms with E-state index < -0.39 is 5.97 Å². The molecule has 1 heterocycles. The van der Waals surface area contributed by atoms with Gasteiger partial charge in [0, 0.05) is 10.6 Å². The van der Waals surface area contributed by atoms with Gasteiger partial charge in [-0.05, 0) is 61.4 Å². The lowest BCUT2D eigenvalue weighted by atomic mass is 9.87. The molecule has 1 N–H and O–H groups in total. The van der Waals surface area contributed by atoms with Gasteiger partial charge in [0.05, 0.1) is 17.6 Å². The van der Waals surface area contributed by atoms with E-state index in [1.54, 1.807) is 23.5 Å². The van der Waals surface area contributed by atoms with Crippen molar-refractivity contribution in [1.29, 1.82) is 0 Å². The number of carbonyl (C=O) groups is 2. The summed E-state index contributed by atoms with van der Waals surface area (Å²) in [5, 5.41) is 2.94. The molecule has 0 unspecified atom stereocenters. The van der Waals surface area contributed by atoms with Crippen molar-refractivity contribution in [2.75, 3.05) is 12.4 Å². The summed E-state index contributed by atoms with van der Waals surface area (Å²) in [6.45, 7) is 4.13. The van der Waals surface area contributed by atoms with Crippen molar-refractivity contribution in [3.63, 3.8) is 0 Å². The lowest BCUT2D eigenvalue weighted by Gasteiger charge is -2.19. The third-order valence-corrected chi connectivity index (χ3v) is 6.13. The van der Waals surface area contributed by atoms with Gasteiger partial charge in [0.2, 0.25) is 0 Å². The Hall–Kier alpha value is -2.14. The summed E-state index contributed by atoms with van der Waals surface area (Å²) in [6.07, 6.45) is 4.55. The Balaban J connectivity index is 1.79. The second-order valence-corrected chi connectivity index (χ2v) is 7.69. The average Bonchev–Trinajstić information content (AvgIpc) is 3.06. The van der Waals surface area contributed by atoms with Crippen LogP contribution in [0, 0.1) is 12.8 Å². The van der Waals surface area contributed by atoms with Gasteiger partial charge in [0.1, 0.15) is 0 Å². The van der Waals surface area contributed by atoms with E-state index in [0.29, 0.717) is 11.3 Å². The van der Waals surface area contributed by atoms with Gasteiger partial charge in [-0.15, -0.1) is 11.3 Å². The van der Waals surface area contributed by atoms with Crippen LogP contribution in [-0.4, -0.2) is 19.0 Å². The highest BCUT2D eigenvalue weighted by Crippen LogP contribution is 2.34. The van der Waals surface area contributed by atoms with Crippen LogP contribution in [0.2, 0.25) is 0 Å². The van der Waals surface area contributed by atoms with Crippen molar-refractivity contribution >= 4 is 28.9 Å². The molecular weight excluding hydrogens is 334 g/mol. The quantitative estimate of drug-likeness (QED) is 0.813. The van der Waals surface area contributed by atoms with Gasteiger partial charge in [0.15, 0.2) is 0 Å². The van der Waals surface area contributed by atoms with E-state index in [2.05, 4.69) is 12.2 Å². The van der Waals surface area contributed by atoms with Crippen molar-refractivity contribution < 1.29 is 14.3 Å². The van der Waals surface area contributed by atoms with Gasteiger partial charge in [0.25, 0.3) is 5.91 Å². The van der Waals surface area contributed by atoms with E-state index in [0.717, 1.165) is 29.2 Å². The second kappa shape index (κ2) is 7.40. The fourth-order valence-corrected chi connectivity index (χ4v) is 4.35. The number of anilines is 1. The molecule has 0 bridgehead atoms. The van der Waals surface area contributed by atoms with Crippen LogP contribution in [-0.2, 0) is 17.6 Å². The zero-order chi connectivity index (χ0) is 18.0. The van der Waals surface area contributed by atoms with Crippen molar-refractivity contribution in [1.82, 2.24) is 0 Å². The molecule has 132 valence electrons. The summed E-state index contributed by atoms with van der Waals surface area (Å²) in [4.78, 5) is 26.4. The number of fused-ring (bicyclic) bond motifs is 1. The van der Waals surface area contributed by atoms with Crippen LogP contribution < -0.4 is 5.32 Å². The summed E-state index contributed by atoms with van der Waals surface area (Å²) >= 11 is 1.59. The first-order chi connectivity index (χ1) is 12.0. The largest absolute Gasteiger partial charge is 0.465 e. The zero-order valence-corrected chi connectivity index (χ0v) is 15.7. The summed E-state index contributed by atoms with van der Waals surface area (Å²) in [7, 11) is 1.35. The van der Waals surface area contributed by atoms with Crippen molar-refractivity contribution in [2.45, 2.75) is 39.5 Å². The molecule has 1 aromatic carbocycles. The molecule has 4 nitrogen and oxygen atoms in total. The molecule has 25 heavy (non-hydrogen) atoms. The molecule has 0 radical (unpaired) electrons. The lowest BCUT2D eigenvalue weighted by Crippen LogP contribution is -2.12. The molecule has 1 amide bonds. The number of ether oxygens (including phenoxy) is 1. The maximum atomic E-state index is 12.7. The van der Waals surface area contributed by atoms with Gasteiger partial charge in [-0.1, -0.05) is 19.4 Å². The van der Waals surface area contributed by atoms with Crippen LogP contribution in [0.1, 0.15) is 55.8 Å². The highest BCUT2D eigenvalue weighted by atomic mass is 32.1. The molecular formula is C20H23NO3S. The number of benzene rings is 1. The van der Waals surface area contributed by atoms with Gasteiger partial charge in [-0.25, -0.2) is 4.79 Å². The van der Waals surface area contributed by atoms with Crippen molar-refractivity contribution in [2.24, 2.45) is 5.92 Å². The maximum Gasteiger partial charge on any atom is 0.337 e. The number of hydrogen-bond acceptors (Lipinski definition) is 4. The Morgan fingerprint density at radius 2 is 2.12 bits per heavy atom. The number of methoxy groups -OCH3 is 1. The number of hydrogen-bond donors (Lipinski definition) is 1. The number of nitrogens with one attached hydrogen (secondary N) is 1. The van der Waals surface area contributed by atoms with Crippen LogP contribution in [0.5, 0.6) is 0 Å². The first-order valence-electron chi connectivity index (χ1n) is 8.63. The van der Waals surface area contributed by atoms with E-state index in [4.69, 9.17) is 4.74 Å². The molecule has 1 aromatic heterocycles. The number of thiophene rings is 1. The Morgan fingerprint density at radius 3 is 2.84 bits per heavy atom. The molecule has 1 aliphatic carbocycles. The van der Waals surface area contributed by atoms with Crippen LogP contribution >= 0.6 is 11.3 Å². The molecule has 1 atom stereocenters.